The third kappa shape index (κ3) is 4.20. The van der Waals surface area contributed by atoms with E-state index >= 15 is 0 Å². The molecular weight excluding hydrogens is 272 g/mol. The molecule has 3 amide bonds. The van der Waals surface area contributed by atoms with Gasteiger partial charge in [0.05, 0.1) is 12.8 Å². The van der Waals surface area contributed by atoms with Crippen molar-refractivity contribution in [3.05, 3.63) is 42.4 Å². The summed E-state index contributed by atoms with van der Waals surface area (Å²) in [4.78, 5) is 27.6. The van der Waals surface area contributed by atoms with E-state index in [1.807, 2.05) is 13.8 Å². The van der Waals surface area contributed by atoms with Gasteiger partial charge in [0, 0.05) is 18.3 Å². The molecule has 0 saturated carbocycles. The summed E-state index contributed by atoms with van der Waals surface area (Å²) in [7, 11) is 0. The van der Waals surface area contributed by atoms with Gasteiger partial charge in [-0.05, 0) is 12.1 Å². The Morgan fingerprint density at radius 1 is 1.43 bits per heavy atom. The molecule has 0 radical (unpaired) electrons. The van der Waals surface area contributed by atoms with Crippen LogP contribution >= 0.6 is 0 Å². The number of imidazole rings is 1. The van der Waals surface area contributed by atoms with E-state index in [4.69, 9.17) is 4.42 Å². The second kappa shape index (κ2) is 6.74. The number of urea groups is 1. The fourth-order valence-electron chi connectivity index (χ4n) is 1.90. The molecule has 112 valence electrons. The molecule has 0 aliphatic carbocycles. The SMILES string of the molecule is CC(C)c1nccn1CC(=O)NC(=O)NCc1ccco1. The summed E-state index contributed by atoms with van der Waals surface area (Å²) < 4.78 is 6.80. The van der Waals surface area contributed by atoms with E-state index in [1.54, 1.807) is 29.1 Å². The zero-order valence-electron chi connectivity index (χ0n) is 12.0. The number of hydrogen-bond acceptors (Lipinski definition) is 4. The average molecular weight is 290 g/mol. The molecule has 0 aliphatic heterocycles. The Labute approximate surface area is 122 Å². The predicted molar refractivity (Wildman–Crippen MR) is 75.4 cm³/mol. The minimum absolute atomic E-state index is 0.0572. The average Bonchev–Trinajstić information content (AvgIpc) is 3.06. The lowest BCUT2D eigenvalue weighted by molar-refractivity contribution is -0.120. The van der Waals surface area contributed by atoms with Crippen LogP contribution in [0.15, 0.2) is 35.2 Å². The fraction of sp³-hybridized carbons (Fsp3) is 0.357. The zero-order chi connectivity index (χ0) is 15.2. The topological polar surface area (TPSA) is 89.2 Å². The number of hydrogen-bond donors (Lipinski definition) is 2. The van der Waals surface area contributed by atoms with Gasteiger partial charge in [0.1, 0.15) is 18.1 Å². The molecule has 0 unspecified atom stereocenters. The summed E-state index contributed by atoms with van der Waals surface area (Å²) in [5.41, 5.74) is 0. The van der Waals surface area contributed by atoms with Crippen molar-refractivity contribution in [1.82, 2.24) is 20.2 Å². The highest BCUT2D eigenvalue weighted by Gasteiger charge is 2.12. The van der Waals surface area contributed by atoms with Gasteiger partial charge in [0.15, 0.2) is 0 Å². The van der Waals surface area contributed by atoms with Gasteiger partial charge < -0.3 is 14.3 Å². The molecule has 0 spiro atoms. The van der Waals surface area contributed by atoms with E-state index in [2.05, 4.69) is 15.6 Å². The van der Waals surface area contributed by atoms with E-state index < -0.39 is 11.9 Å². The van der Waals surface area contributed by atoms with E-state index in [0.717, 1.165) is 5.82 Å². The number of carbonyl (C=O) groups is 2. The monoisotopic (exact) mass is 290 g/mol. The van der Waals surface area contributed by atoms with Crippen LogP contribution in [0.4, 0.5) is 4.79 Å². The van der Waals surface area contributed by atoms with Crippen LogP contribution in [0.5, 0.6) is 0 Å². The van der Waals surface area contributed by atoms with Crippen LogP contribution in [0, 0.1) is 0 Å². The molecule has 0 aliphatic rings. The Balaban J connectivity index is 1.81. The summed E-state index contributed by atoms with van der Waals surface area (Å²) in [5, 5.41) is 4.81. The molecule has 0 saturated heterocycles. The van der Waals surface area contributed by atoms with Gasteiger partial charge in [-0.25, -0.2) is 9.78 Å². The molecule has 21 heavy (non-hydrogen) atoms. The number of imide groups is 1. The first kappa shape index (κ1) is 14.8. The summed E-state index contributed by atoms with van der Waals surface area (Å²) >= 11 is 0. The van der Waals surface area contributed by atoms with Crippen LogP contribution < -0.4 is 10.6 Å². The standard InChI is InChI=1S/C14H18N4O3/c1-10(2)13-15-5-6-18(13)9-12(19)17-14(20)16-8-11-4-3-7-21-11/h3-7,10H,8-9H2,1-2H3,(H2,16,17,19,20). The van der Waals surface area contributed by atoms with Gasteiger partial charge in [-0.2, -0.15) is 0 Å². The Bertz CT molecular complexity index is 602. The Morgan fingerprint density at radius 3 is 2.90 bits per heavy atom. The predicted octanol–water partition coefficient (Wildman–Crippen LogP) is 1.63. The highest BCUT2D eigenvalue weighted by molar-refractivity contribution is 5.94. The summed E-state index contributed by atoms with van der Waals surface area (Å²) in [6, 6.07) is 2.91. The lowest BCUT2D eigenvalue weighted by atomic mass is 10.2. The van der Waals surface area contributed by atoms with Gasteiger partial charge in [-0.1, -0.05) is 13.8 Å². The highest BCUT2D eigenvalue weighted by Crippen LogP contribution is 2.11. The van der Waals surface area contributed by atoms with Crippen molar-refractivity contribution in [2.45, 2.75) is 32.9 Å². The van der Waals surface area contributed by atoms with Crippen LogP contribution in [0.2, 0.25) is 0 Å². The van der Waals surface area contributed by atoms with E-state index in [9.17, 15) is 9.59 Å². The number of nitrogens with one attached hydrogen (secondary N) is 2. The molecule has 0 atom stereocenters. The number of carbonyl (C=O) groups excluding carboxylic acids is 2. The molecule has 2 aromatic heterocycles. The number of aromatic nitrogens is 2. The maximum absolute atomic E-state index is 11.8. The number of rotatable bonds is 5. The Morgan fingerprint density at radius 2 is 2.24 bits per heavy atom. The molecule has 0 bridgehead atoms. The molecule has 2 aromatic rings. The summed E-state index contributed by atoms with van der Waals surface area (Å²) in [6.07, 6.45) is 4.88. The second-order valence-corrected chi connectivity index (χ2v) is 4.88. The Hall–Kier alpha value is -2.57. The normalized spacial score (nSPS) is 10.6. The second-order valence-electron chi connectivity index (χ2n) is 4.88. The van der Waals surface area contributed by atoms with Crippen LogP contribution in [-0.4, -0.2) is 21.5 Å². The Kier molecular flexibility index (Phi) is 4.76. The van der Waals surface area contributed by atoms with Crippen LogP contribution in [0.3, 0.4) is 0 Å². The molecule has 2 N–H and O–H groups in total. The number of nitrogens with zero attached hydrogens (tertiary/aromatic N) is 2. The van der Waals surface area contributed by atoms with Crippen LogP contribution in [0.1, 0.15) is 31.4 Å². The van der Waals surface area contributed by atoms with Crippen molar-refractivity contribution in [1.29, 1.82) is 0 Å². The van der Waals surface area contributed by atoms with E-state index in [0.29, 0.717) is 5.76 Å². The highest BCUT2D eigenvalue weighted by atomic mass is 16.3. The molecule has 0 fully saturated rings. The number of furan rings is 1. The molecular formula is C14H18N4O3. The first-order chi connectivity index (χ1) is 10.1. The third-order valence-electron chi connectivity index (χ3n) is 2.83. The quantitative estimate of drug-likeness (QED) is 0.875. The minimum atomic E-state index is -0.553. The van der Waals surface area contributed by atoms with Gasteiger partial charge in [-0.15, -0.1) is 0 Å². The molecule has 7 heteroatoms. The first-order valence-electron chi connectivity index (χ1n) is 6.67. The van der Waals surface area contributed by atoms with Gasteiger partial charge in [-0.3, -0.25) is 10.1 Å². The van der Waals surface area contributed by atoms with E-state index in [1.165, 1.54) is 6.26 Å². The first-order valence-corrected chi connectivity index (χ1v) is 6.67. The van der Waals surface area contributed by atoms with Gasteiger partial charge >= 0.3 is 6.03 Å². The smallest absolute Gasteiger partial charge is 0.321 e. The van der Waals surface area contributed by atoms with E-state index in [-0.39, 0.29) is 19.0 Å². The van der Waals surface area contributed by atoms with Crippen molar-refractivity contribution >= 4 is 11.9 Å². The maximum Gasteiger partial charge on any atom is 0.321 e. The maximum atomic E-state index is 11.8. The molecule has 2 rings (SSSR count). The van der Waals surface area contributed by atoms with Crippen LogP contribution in [-0.2, 0) is 17.9 Å². The largest absolute Gasteiger partial charge is 0.467 e. The summed E-state index contributed by atoms with van der Waals surface area (Å²) in [5.74, 6) is 1.24. The number of amides is 3. The van der Waals surface area contributed by atoms with Crippen molar-refractivity contribution in [2.75, 3.05) is 0 Å². The lowest BCUT2D eigenvalue weighted by Crippen LogP contribution is -2.40. The van der Waals surface area contributed by atoms with Crippen molar-refractivity contribution in [3.63, 3.8) is 0 Å². The van der Waals surface area contributed by atoms with Gasteiger partial charge in [0.2, 0.25) is 5.91 Å². The zero-order valence-corrected chi connectivity index (χ0v) is 12.0. The van der Waals surface area contributed by atoms with Crippen molar-refractivity contribution in [2.24, 2.45) is 0 Å². The minimum Gasteiger partial charge on any atom is -0.467 e. The van der Waals surface area contributed by atoms with Crippen molar-refractivity contribution < 1.29 is 14.0 Å². The third-order valence-corrected chi connectivity index (χ3v) is 2.83. The van der Waals surface area contributed by atoms with Crippen LogP contribution in [0.25, 0.3) is 0 Å². The molecule has 7 nitrogen and oxygen atoms in total. The van der Waals surface area contributed by atoms with Crippen molar-refractivity contribution in [3.8, 4) is 0 Å². The molecule has 2 heterocycles. The summed E-state index contributed by atoms with van der Waals surface area (Å²) in [6.45, 7) is 4.27. The molecule has 0 aromatic carbocycles. The fourth-order valence-corrected chi connectivity index (χ4v) is 1.90. The van der Waals surface area contributed by atoms with Gasteiger partial charge in [0.25, 0.3) is 0 Å². The lowest BCUT2D eigenvalue weighted by Gasteiger charge is -2.10.